The molecular weight excluding hydrogens is 226 g/mol. The summed E-state index contributed by atoms with van der Waals surface area (Å²) in [5, 5.41) is 3.09. The highest BCUT2D eigenvalue weighted by molar-refractivity contribution is 5.67. The Labute approximate surface area is 98.9 Å². The minimum Gasteiger partial charge on any atom is -0.395 e. The van der Waals surface area contributed by atoms with Gasteiger partial charge in [0, 0.05) is 12.7 Å². The second-order valence-electron chi connectivity index (χ2n) is 4.65. The summed E-state index contributed by atoms with van der Waals surface area (Å²) in [5.74, 6) is -1.39. The van der Waals surface area contributed by atoms with Gasteiger partial charge in [-0.3, -0.25) is 0 Å². The summed E-state index contributed by atoms with van der Waals surface area (Å²) in [6.07, 6.45) is 0.736. The lowest BCUT2D eigenvalue weighted by Gasteiger charge is -2.30. The Bertz CT molecular complexity index is 439. The fraction of sp³-hybridized carbons (Fsp3) is 0.500. The maximum absolute atomic E-state index is 13.3. The van der Waals surface area contributed by atoms with Gasteiger partial charge < -0.3 is 15.8 Å². The van der Waals surface area contributed by atoms with Crippen molar-refractivity contribution in [2.75, 3.05) is 17.7 Å². The molecular formula is C12H16F2N2O. The highest BCUT2D eigenvalue weighted by Gasteiger charge is 2.37. The summed E-state index contributed by atoms with van der Waals surface area (Å²) in [6, 6.07) is 1.98. The molecule has 1 heterocycles. The van der Waals surface area contributed by atoms with Crippen LogP contribution in [0.15, 0.2) is 12.1 Å². The first-order valence-electron chi connectivity index (χ1n) is 5.57. The molecule has 1 aromatic rings. The van der Waals surface area contributed by atoms with E-state index in [1.807, 2.05) is 13.8 Å². The Hall–Kier alpha value is -1.36. The normalized spacial score (nSPS) is 28.4. The summed E-state index contributed by atoms with van der Waals surface area (Å²) >= 11 is 0. The molecule has 17 heavy (non-hydrogen) atoms. The smallest absolute Gasteiger partial charge is 0.151 e. The molecule has 3 N–H and O–H groups in total. The van der Waals surface area contributed by atoms with Crippen LogP contribution in [0.4, 0.5) is 20.2 Å². The number of anilines is 2. The predicted molar refractivity (Wildman–Crippen MR) is 62.8 cm³/mol. The molecule has 1 aromatic carbocycles. The molecule has 3 nitrogen and oxygen atoms in total. The Morgan fingerprint density at radius 3 is 2.76 bits per heavy atom. The van der Waals surface area contributed by atoms with Gasteiger partial charge in [0.2, 0.25) is 0 Å². The van der Waals surface area contributed by atoms with E-state index in [1.165, 1.54) is 6.07 Å². The van der Waals surface area contributed by atoms with E-state index in [1.54, 1.807) is 0 Å². The van der Waals surface area contributed by atoms with Crippen LogP contribution in [-0.2, 0) is 4.74 Å². The Kier molecular flexibility index (Phi) is 2.95. The van der Waals surface area contributed by atoms with Crippen molar-refractivity contribution in [1.82, 2.24) is 0 Å². The fourth-order valence-electron chi connectivity index (χ4n) is 1.99. The summed E-state index contributed by atoms with van der Waals surface area (Å²) in [4.78, 5) is 0. The SMILES string of the molecule is CC1OCCC1(C)Nc1cc(F)cc(F)c1N. The van der Waals surface area contributed by atoms with Gasteiger partial charge in [0.1, 0.15) is 5.82 Å². The molecule has 1 saturated heterocycles. The van der Waals surface area contributed by atoms with Gasteiger partial charge in [-0.1, -0.05) is 0 Å². The van der Waals surface area contributed by atoms with E-state index in [4.69, 9.17) is 10.5 Å². The van der Waals surface area contributed by atoms with Crippen LogP contribution in [0, 0.1) is 11.6 Å². The second kappa shape index (κ2) is 4.14. The lowest BCUT2D eigenvalue weighted by Crippen LogP contribution is -2.41. The molecule has 5 heteroatoms. The van der Waals surface area contributed by atoms with Gasteiger partial charge in [-0.2, -0.15) is 0 Å². The van der Waals surface area contributed by atoms with Gasteiger partial charge in [0.25, 0.3) is 0 Å². The molecule has 1 fully saturated rings. The molecule has 0 amide bonds. The third kappa shape index (κ3) is 2.20. The maximum atomic E-state index is 13.3. The van der Waals surface area contributed by atoms with Crippen molar-refractivity contribution >= 4 is 11.4 Å². The van der Waals surface area contributed by atoms with E-state index in [-0.39, 0.29) is 23.0 Å². The molecule has 94 valence electrons. The molecule has 2 rings (SSSR count). The summed E-state index contributed by atoms with van der Waals surface area (Å²) in [7, 11) is 0. The largest absolute Gasteiger partial charge is 0.395 e. The van der Waals surface area contributed by atoms with Crippen molar-refractivity contribution < 1.29 is 13.5 Å². The van der Waals surface area contributed by atoms with Crippen LogP contribution in [0.1, 0.15) is 20.3 Å². The number of nitrogen functional groups attached to an aromatic ring is 1. The quantitative estimate of drug-likeness (QED) is 0.783. The van der Waals surface area contributed by atoms with Crippen LogP contribution in [0.5, 0.6) is 0 Å². The molecule has 0 bridgehead atoms. The van der Waals surface area contributed by atoms with E-state index < -0.39 is 11.6 Å². The third-order valence-electron chi connectivity index (χ3n) is 3.40. The minimum atomic E-state index is -0.748. The van der Waals surface area contributed by atoms with Crippen LogP contribution >= 0.6 is 0 Å². The van der Waals surface area contributed by atoms with Gasteiger partial charge in [-0.25, -0.2) is 8.78 Å². The summed E-state index contributed by atoms with van der Waals surface area (Å²) < 4.78 is 31.9. The van der Waals surface area contributed by atoms with Crippen molar-refractivity contribution in [1.29, 1.82) is 0 Å². The minimum absolute atomic E-state index is 0.0340. The zero-order valence-corrected chi connectivity index (χ0v) is 9.89. The van der Waals surface area contributed by atoms with E-state index in [0.29, 0.717) is 6.61 Å². The number of nitrogens with one attached hydrogen (secondary N) is 1. The van der Waals surface area contributed by atoms with Crippen molar-refractivity contribution in [3.63, 3.8) is 0 Å². The zero-order chi connectivity index (χ0) is 12.6. The molecule has 1 aliphatic heterocycles. The standard InChI is InChI=1S/C12H16F2N2O/c1-7-12(2,3-4-17-7)16-10-6-8(13)5-9(14)11(10)15/h5-7,16H,3-4,15H2,1-2H3. The second-order valence-corrected chi connectivity index (χ2v) is 4.65. The van der Waals surface area contributed by atoms with E-state index in [9.17, 15) is 8.78 Å². The first-order chi connectivity index (χ1) is 7.92. The first-order valence-corrected chi connectivity index (χ1v) is 5.57. The van der Waals surface area contributed by atoms with Crippen LogP contribution in [-0.4, -0.2) is 18.2 Å². The number of rotatable bonds is 2. The van der Waals surface area contributed by atoms with Crippen molar-refractivity contribution in [3.8, 4) is 0 Å². The van der Waals surface area contributed by atoms with E-state index in [2.05, 4.69) is 5.32 Å². The Morgan fingerprint density at radius 1 is 1.47 bits per heavy atom. The number of ether oxygens (including phenoxy) is 1. The van der Waals surface area contributed by atoms with Gasteiger partial charge >= 0.3 is 0 Å². The molecule has 0 spiro atoms. The number of halogens is 2. The highest BCUT2D eigenvalue weighted by Crippen LogP contribution is 2.33. The molecule has 0 aliphatic carbocycles. The molecule has 1 aliphatic rings. The average molecular weight is 242 g/mol. The predicted octanol–water partition coefficient (Wildman–Crippen LogP) is 2.53. The van der Waals surface area contributed by atoms with Crippen LogP contribution in [0.25, 0.3) is 0 Å². The number of hydrogen-bond donors (Lipinski definition) is 2. The monoisotopic (exact) mass is 242 g/mol. The number of benzene rings is 1. The summed E-state index contributed by atoms with van der Waals surface area (Å²) in [6.45, 7) is 4.50. The van der Waals surface area contributed by atoms with Crippen molar-refractivity contribution in [2.24, 2.45) is 0 Å². The number of hydrogen-bond acceptors (Lipinski definition) is 3. The van der Waals surface area contributed by atoms with Gasteiger partial charge in [-0.05, 0) is 26.3 Å². The Balaban J connectivity index is 2.30. The van der Waals surface area contributed by atoms with Gasteiger partial charge in [-0.15, -0.1) is 0 Å². The lowest BCUT2D eigenvalue weighted by atomic mass is 9.94. The zero-order valence-electron chi connectivity index (χ0n) is 9.89. The van der Waals surface area contributed by atoms with Gasteiger partial charge in [0.15, 0.2) is 5.82 Å². The molecule has 0 radical (unpaired) electrons. The van der Waals surface area contributed by atoms with Crippen LogP contribution in [0.2, 0.25) is 0 Å². The highest BCUT2D eigenvalue weighted by atomic mass is 19.1. The lowest BCUT2D eigenvalue weighted by molar-refractivity contribution is 0.105. The fourth-order valence-corrected chi connectivity index (χ4v) is 1.99. The number of nitrogens with two attached hydrogens (primary N) is 1. The van der Waals surface area contributed by atoms with Crippen LogP contribution in [0.3, 0.4) is 0 Å². The summed E-state index contributed by atoms with van der Waals surface area (Å²) in [5.41, 5.74) is 5.45. The maximum Gasteiger partial charge on any atom is 0.151 e. The first kappa shape index (κ1) is 12.1. The molecule has 2 atom stereocenters. The van der Waals surface area contributed by atoms with E-state index >= 15 is 0 Å². The molecule has 0 aromatic heterocycles. The van der Waals surface area contributed by atoms with Crippen LogP contribution < -0.4 is 11.1 Å². The topological polar surface area (TPSA) is 47.3 Å². The third-order valence-corrected chi connectivity index (χ3v) is 3.40. The average Bonchev–Trinajstić information content (AvgIpc) is 2.55. The van der Waals surface area contributed by atoms with Crippen molar-refractivity contribution in [3.05, 3.63) is 23.8 Å². The molecule has 2 unspecified atom stereocenters. The Morgan fingerprint density at radius 2 is 2.18 bits per heavy atom. The molecule has 0 saturated carbocycles. The van der Waals surface area contributed by atoms with Crippen molar-refractivity contribution in [2.45, 2.75) is 31.9 Å². The van der Waals surface area contributed by atoms with Gasteiger partial charge in [0.05, 0.1) is 23.0 Å². The van der Waals surface area contributed by atoms with E-state index in [0.717, 1.165) is 12.5 Å².